The summed E-state index contributed by atoms with van der Waals surface area (Å²) in [5.41, 5.74) is 2.09. The Bertz CT molecular complexity index is 573. The Kier molecular flexibility index (Phi) is 3.14. The van der Waals surface area contributed by atoms with Gasteiger partial charge in [0, 0.05) is 7.05 Å². The molecule has 0 fully saturated rings. The number of aryl methyl sites for hydroxylation is 1. The standard InChI is InChI=1S/C13H13FN2O2/c1-8(14)9-3-5-10(6-4-9)12-7-11(13(17)18)15-16(12)2/h3-8H,1-2H3,(H,17,18). The van der Waals surface area contributed by atoms with E-state index in [0.29, 0.717) is 11.3 Å². The summed E-state index contributed by atoms with van der Waals surface area (Å²) in [4.78, 5) is 10.8. The molecule has 0 saturated heterocycles. The number of hydrogen-bond acceptors (Lipinski definition) is 2. The zero-order valence-corrected chi connectivity index (χ0v) is 10.1. The topological polar surface area (TPSA) is 55.1 Å². The van der Waals surface area contributed by atoms with Crippen molar-refractivity contribution >= 4 is 5.97 Å². The molecule has 1 atom stereocenters. The molecule has 1 aromatic heterocycles. The fourth-order valence-corrected chi connectivity index (χ4v) is 1.76. The van der Waals surface area contributed by atoms with Crippen molar-refractivity contribution in [3.8, 4) is 11.3 Å². The highest BCUT2D eigenvalue weighted by Gasteiger charge is 2.12. The lowest BCUT2D eigenvalue weighted by molar-refractivity contribution is 0.0689. The van der Waals surface area contributed by atoms with Crippen LogP contribution >= 0.6 is 0 Å². The van der Waals surface area contributed by atoms with Crippen LogP contribution in [0.5, 0.6) is 0 Å². The molecule has 2 rings (SSSR count). The number of hydrogen-bond donors (Lipinski definition) is 1. The minimum absolute atomic E-state index is 0.00423. The van der Waals surface area contributed by atoms with Crippen molar-refractivity contribution in [1.29, 1.82) is 0 Å². The lowest BCUT2D eigenvalue weighted by Crippen LogP contribution is -1.99. The molecule has 0 aliphatic heterocycles. The highest BCUT2D eigenvalue weighted by molar-refractivity contribution is 5.87. The van der Waals surface area contributed by atoms with Gasteiger partial charge in [0.15, 0.2) is 5.69 Å². The van der Waals surface area contributed by atoms with E-state index in [2.05, 4.69) is 5.10 Å². The van der Waals surface area contributed by atoms with E-state index in [0.717, 1.165) is 5.56 Å². The van der Waals surface area contributed by atoms with Crippen LogP contribution in [0.15, 0.2) is 30.3 Å². The Labute approximate surface area is 104 Å². The summed E-state index contributed by atoms with van der Waals surface area (Å²) in [5.74, 6) is -1.06. The number of aromatic carboxylic acids is 1. The minimum atomic E-state index is -1.06. The summed E-state index contributed by atoms with van der Waals surface area (Å²) >= 11 is 0. The lowest BCUT2D eigenvalue weighted by Gasteiger charge is -2.05. The number of benzene rings is 1. The highest BCUT2D eigenvalue weighted by atomic mass is 19.1. The van der Waals surface area contributed by atoms with Crippen LogP contribution in [-0.2, 0) is 7.05 Å². The van der Waals surface area contributed by atoms with Crippen molar-refractivity contribution in [2.75, 3.05) is 0 Å². The van der Waals surface area contributed by atoms with Gasteiger partial charge in [0.05, 0.1) is 5.69 Å². The number of halogens is 1. The third kappa shape index (κ3) is 2.25. The van der Waals surface area contributed by atoms with Crippen LogP contribution in [-0.4, -0.2) is 20.9 Å². The molecule has 1 heterocycles. The summed E-state index contributed by atoms with van der Waals surface area (Å²) in [6, 6.07) is 8.39. The zero-order chi connectivity index (χ0) is 13.3. The van der Waals surface area contributed by atoms with Crippen molar-refractivity contribution in [2.45, 2.75) is 13.1 Å². The fraction of sp³-hybridized carbons (Fsp3) is 0.231. The van der Waals surface area contributed by atoms with Crippen LogP contribution in [0.2, 0.25) is 0 Å². The first-order chi connectivity index (χ1) is 8.49. The second-order valence-electron chi connectivity index (χ2n) is 4.08. The summed E-state index contributed by atoms with van der Waals surface area (Å²) in [7, 11) is 1.67. The molecular weight excluding hydrogens is 235 g/mol. The zero-order valence-electron chi connectivity index (χ0n) is 10.1. The normalized spacial score (nSPS) is 12.4. The van der Waals surface area contributed by atoms with Gasteiger partial charge in [-0.3, -0.25) is 4.68 Å². The Hall–Kier alpha value is -2.17. The van der Waals surface area contributed by atoms with E-state index in [-0.39, 0.29) is 5.69 Å². The SMILES string of the molecule is CC(F)c1ccc(-c2cc(C(=O)O)nn2C)cc1. The molecule has 0 spiro atoms. The maximum atomic E-state index is 13.1. The number of aromatic nitrogens is 2. The third-order valence-corrected chi connectivity index (χ3v) is 2.76. The molecule has 0 amide bonds. The Morgan fingerprint density at radius 2 is 2.00 bits per heavy atom. The minimum Gasteiger partial charge on any atom is -0.476 e. The molecule has 0 saturated carbocycles. The molecule has 1 N–H and O–H groups in total. The van der Waals surface area contributed by atoms with E-state index in [1.165, 1.54) is 17.7 Å². The molecule has 0 aliphatic carbocycles. The lowest BCUT2D eigenvalue weighted by atomic mass is 10.1. The van der Waals surface area contributed by atoms with Gasteiger partial charge in [-0.15, -0.1) is 0 Å². The number of rotatable bonds is 3. The Morgan fingerprint density at radius 1 is 1.39 bits per heavy atom. The van der Waals surface area contributed by atoms with Crippen molar-refractivity contribution in [3.63, 3.8) is 0 Å². The Balaban J connectivity index is 2.39. The number of carbonyl (C=O) groups is 1. The summed E-state index contributed by atoms with van der Waals surface area (Å²) in [5, 5.41) is 12.7. The average molecular weight is 248 g/mol. The number of carboxylic acid groups (broad SMARTS) is 1. The van der Waals surface area contributed by atoms with Crippen LogP contribution in [0.3, 0.4) is 0 Å². The molecular formula is C13H13FN2O2. The molecule has 0 bridgehead atoms. The first-order valence-corrected chi connectivity index (χ1v) is 5.51. The maximum absolute atomic E-state index is 13.1. The monoisotopic (exact) mass is 248 g/mol. The summed E-state index contributed by atoms with van der Waals surface area (Å²) < 4.78 is 14.6. The van der Waals surface area contributed by atoms with Gasteiger partial charge in [0.1, 0.15) is 6.17 Å². The molecule has 94 valence electrons. The van der Waals surface area contributed by atoms with E-state index in [9.17, 15) is 9.18 Å². The number of carboxylic acids is 1. The van der Waals surface area contributed by atoms with Crippen molar-refractivity contribution < 1.29 is 14.3 Å². The highest BCUT2D eigenvalue weighted by Crippen LogP contribution is 2.23. The van der Waals surface area contributed by atoms with Crippen LogP contribution in [0.4, 0.5) is 4.39 Å². The molecule has 5 heteroatoms. The van der Waals surface area contributed by atoms with Gasteiger partial charge in [-0.1, -0.05) is 24.3 Å². The first-order valence-electron chi connectivity index (χ1n) is 5.51. The summed E-state index contributed by atoms with van der Waals surface area (Å²) in [6.07, 6.45) is -1.01. The molecule has 1 aromatic carbocycles. The predicted octanol–water partition coefficient (Wildman–Crippen LogP) is 2.82. The largest absolute Gasteiger partial charge is 0.476 e. The van der Waals surface area contributed by atoms with Gasteiger partial charge in [-0.25, -0.2) is 9.18 Å². The first kappa shape index (κ1) is 12.3. The van der Waals surface area contributed by atoms with E-state index in [4.69, 9.17) is 5.11 Å². The van der Waals surface area contributed by atoms with E-state index >= 15 is 0 Å². The average Bonchev–Trinajstić information content (AvgIpc) is 2.71. The predicted molar refractivity (Wildman–Crippen MR) is 65.1 cm³/mol. The third-order valence-electron chi connectivity index (χ3n) is 2.76. The molecule has 4 nitrogen and oxygen atoms in total. The molecule has 2 aromatic rings. The van der Waals surface area contributed by atoms with Gasteiger partial charge in [0.2, 0.25) is 0 Å². The molecule has 0 radical (unpaired) electrons. The second-order valence-corrected chi connectivity index (χ2v) is 4.08. The van der Waals surface area contributed by atoms with E-state index in [1.54, 1.807) is 31.3 Å². The maximum Gasteiger partial charge on any atom is 0.356 e. The van der Waals surface area contributed by atoms with E-state index in [1.807, 2.05) is 0 Å². The van der Waals surface area contributed by atoms with Gasteiger partial charge in [0.25, 0.3) is 0 Å². The fourth-order valence-electron chi connectivity index (χ4n) is 1.76. The van der Waals surface area contributed by atoms with Crippen LogP contribution < -0.4 is 0 Å². The van der Waals surface area contributed by atoms with Crippen molar-refractivity contribution in [2.24, 2.45) is 7.05 Å². The van der Waals surface area contributed by atoms with Crippen LogP contribution in [0.1, 0.15) is 29.1 Å². The summed E-state index contributed by atoms with van der Waals surface area (Å²) in [6.45, 7) is 1.47. The molecule has 0 aliphatic rings. The number of nitrogens with zero attached hydrogens (tertiary/aromatic N) is 2. The van der Waals surface area contributed by atoms with Crippen LogP contribution in [0, 0.1) is 0 Å². The van der Waals surface area contributed by atoms with E-state index < -0.39 is 12.1 Å². The van der Waals surface area contributed by atoms with Crippen LogP contribution in [0.25, 0.3) is 11.3 Å². The number of alkyl halides is 1. The van der Waals surface area contributed by atoms with Crippen molar-refractivity contribution in [3.05, 3.63) is 41.6 Å². The van der Waals surface area contributed by atoms with Gasteiger partial charge in [-0.05, 0) is 24.1 Å². The van der Waals surface area contributed by atoms with Gasteiger partial charge < -0.3 is 5.11 Å². The quantitative estimate of drug-likeness (QED) is 0.908. The second kappa shape index (κ2) is 4.60. The smallest absolute Gasteiger partial charge is 0.356 e. The molecule has 18 heavy (non-hydrogen) atoms. The van der Waals surface area contributed by atoms with Gasteiger partial charge in [-0.2, -0.15) is 5.10 Å². The van der Waals surface area contributed by atoms with Crippen molar-refractivity contribution in [1.82, 2.24) is 9.78 Å². The molecule has 1 unspecified atom stereocenters. The van der Waals surface area contributed by atoms with Gasteiger partial charge >= 0.3 is 5.97 Å². The Morgan fingerprint density at radius 3 is 2.44 bits per heavy atom.